The zero-order chi connectivity index (χ0) is 14.4. The van der Waals surface area contributed by atoms with Gasteiger partial charge in [0.25, 0.3) is 0 Å². The number of unbranched alkanes of at least 4 members (excludes halogenated alkanes) is 3. The lowest BCUT2D eigenvalue weighted by Crippen LogP contribution is -1.93. The molecule has 0 spiro atoms. The summed E-state index contributed by atoms with van der Waals surface area (Å²) in [6, 6.07) is 0. The quantitative estimate of drug-likeness (QED) is 0.414. The molecule has 1 radical (unpaired) electrons. The molecule has 0 aromatic heterocycles. The van der Waals surface area contributed by atoms with Crippen LogP contribution in [0.5, 0.6) is 0 Å². The number of fused-ring (bicyclic) bond motifs is 1. The molecule has 1 heteroatoms. The highest BCUT2D eigenvalue weighted by molar-refractivity contribution is 7.44. The van der Waals surface area contributed by atoms with Crippen LogP contribution in [0, 0.1) is 0 Å². The summed E-state index contributed by atoms with van der Waals surface area (Å²) < 4.78 is 0. The normalized spacial score (nSPS) is 18.1. The third kappa shape index (κ3) is 3.53. The van der Waals surface area contributed by atoms with E-state index in [2.05, 4.69) is 32.6 Å². The Morgan fingerprint density at radius 3 is 2.25 bits per heavy atom. The smallest absolute Gasteiger partial charge is 0.0224 e. The van der Waals surface area contributed by atoms with Crippen molar-refractivity contribution in [3.63, 3.8) is 0 Å². The van der Waals surface area contributed by atoms with Crippen molar-refractivity contribution in [3.8, 4) is 0 Å². The van der Waals surface area contributed by atoms with E-state index in [1.807, 2.05) is 0 Å². The Balaban J connectivity index is 2.22. The topological polar surface area (TPSA) is 0 Å². The third-order valence-electron chi connectivity index (χ3n) is 4.22. The zero-order valence-corrected chi connectivity index (χ0v) is 14.3. The molecule has 0 unspecified atom stereocenters. The summed E-state index contributed by atoms with van der Waals surface area (Å²) in [6.07, 6.45) is 14.1. The highest BCUT2D eigenvalue weighted by Crippen LogP contribution is 2.46. The Morgan fingerprint density at radius 2 is 1.55 bits per heavy atom. The Kier molecular flexibility index (Phi) is 6.30. The lowest BCUT2D eigenvalue weighted by molar-refractivity contribution is 0.761. The summed E-state index contributed by atoms with van der Waals surface area (Å²) in [5.74, 6) is 3.61. The van der Waals surface area contributed by atoms with E-state index in [0.717, 1.165) is 0 Å². The van der Waals surface area contributed by atoms with Gasteiger partial charge in [-0.25, -0.2) is 0 Å². The number of rotatable bonds is 9. The molecule has 2 aliphatic rings. The first-order valence-electron chi connectivity index (χ1n) is 8.46. The maximum absolute atomic E-state index is 3.61. The second-order valence-corrected chi connectivity index (χ2v) is 6.90. The fraction of sp³-hybridized carbons (Fsp3) is 0.632. The van der Waals surface area contributed by atoms with E-state index in [-0.39, 0.29) is 0 Å². The lowest BCUT2D eigenvalue weighted by atomic mass is 9.95. The molecule has 0 atom stereocenters. The minimum atomic E-state index is 1.27. The fourth-order valence-electron chi connectivity index (χ4n) is 3.01. The minimum absolute atomic E-state index is 1.27. The second kappa shape index (κ2) is 7.99. The average molecular weight is 287 g/mol. The van der Waals surface area contributed by atoms with Gasteiger partial charge in [-0.05, 0) is 72.2 Å². The van der Waals surface area contributed by atoms with E-state index in [0.29, 0.717) is 0 Å². The van der Waals surface area contributed by atoms with Gasteiger partial charge in [-0.2, -0.15) is 0 Å². The summed E-state index contributed by atoms with van der Waals surface area (Å²) >= 11 is 0. The maximum Gasteiger partial charge on any atom is 0.0224 e. The van der Waals surface area contributed by atoms with Gasteiger partial charge in [0.2, 0.25) is 0 Å². The van der Waals surface area contributed by atoms with E-state index in [1.165, 1.54) is 71.6 Å². The van der Waals surface area contributed by atoms with Crippen molar-refractivity contribution in [2.45, 2.75) is 78.6 Å². The van der Waals surface area contributed by atoms with E-state index >= 15 is 0 Å². The maximum atomic E-state index is 3.61. The molecule has 109 valence electrons. The van der Waals surface area contributed by atoms with Crippen molar-refractivity contribution < 1.29 is 0 Å². The Bertz CT molecular complexity index is 460. The van der Waals surface area contributed by atoms with Crippen LogP contribution in [0.25, 0.3) is 0 Å². The largest absolute Gasteiger partial charge is 0.0654 e. The van der Waals surface area contributed by atoms with Gasteiger partial charge in [-0.15, -0.1) is 0 Å². The predicted molar refractivity (Wildman–Crippen MR) is 92.6 cm³/mol. The molecule has 20 heavy (non-hydrogen) atoms. The van der Waals surface area contributed by atoms with Gasteiger partial charge >= 0.3 is 0 Å². The van der Waals surface area contributed by atoms with Crippen molar-refractivity contribution in [2.24, 2.45) is 0 Å². The number of hydrogen-bond acceptors (Lipinski definition) is 0. The first kappa shape index (κ1) is 15.8. The molecule has 0 amide bonds. The van der Waals surface area contributed by atoms with Crippen molar-refractivity contribution in [1.82, 2.24) is 0 Å². The molecule has 0 saturated heterocycles. The highest BCUT2D eigenvalue weighted by Gasteiger charge is 2.25. The van der Waals surface area contributed by atoms with Crippen LogP contribution in [0.1, 0.15) is 78.6 Å². The van der Waals surface area contributed by atoms with E-state index in [9.17, 15) is 0 Å². The molecule has 0 aromatic carbocycles. The molecule has 0 fully saturated rings. The summed E-state index contributed by atoms with van der Waals surface area (Å²) in [7, 11) is 1.35. The van der Waals surface area contributed by atoms with Gasteiger partial charge in [-0.1, -0.05) is 48.2 Å². The van der Waals surface area contributed by atoms with Crippen molar-refractivity contribution in [2.75, 3.05) is 0 Å². The molecule has 0 N–H and O–H groups in total. The average Bonchev–Trinajstić information content (AvgIpc) is 3.00. The summed E-state index contributed by atoms with van der Waals surface area (Å²) in [5, 5.41) is 1.65. The highest BCUT2D eigenvalue weighted by atomic mass is 31.1. The monoisotopic (exact) mass is 287 g/mol. The molecule has 1 aliphatic heterocycles. The summed E-state index contributed by atoms with van der Waals surface area (Å²) in [6.45, 7) is 6.88. The van der Waals surface area contributed by atoms with Gasteiger partial charge in [-0.3, -0.25) is 0 Å². The van der Waals surface area contributed by atoms with E-state index < -0.39 is 0 Å². The molecule has 1 aliphatic carbocycles. The number of hydrogen-bond donors (Lipinski definition) is 0. The standard InChI is InChI=1S/C19H28P/c1-4-7-10-15-13-16-14-20-18(12-9-6-3)19(16)17(15)11-8-5-2/h13H,4-12H2,1-3H3. The van der Waals surface area contributed by atoms with Crippen molar-refractivity contribution >= 4 is 14.0 Å². The van der Waals surface area contributed by atoms with Crippen molar-refractivity contribution in [1.29, 1.82) is 0 Å². The molecule has 0 saturated carbocycles. The van der Waals surface area contributed by atoms with Gasteiger partial charge in [0, 0.05) is 5.80 Å². The van der Waals surface area contributed by atoms with Crippen LogP contribution in [-0.4, -0.2) is 5.80 Å². The molecule has 0 bridgehead atoms. The molecule has 0 nitrogen and oxygen atoms in total. The Labute approximate surface area is 126 Å². The minimum Gasteiger partial charge on any atom is -0.0654 e. The van der Waals surface area contributed by atoms with Crippen LogP contribution < -0.4 is 0 Å². The van der Waals surface area contributed by atoms with Crippen LogP contribution >= 0.6 is 8.20 Å². The summed E-state index contributed by atoms with van der Waals surface area (Å²) in [5.41, 5.74) is 6.34. The van der Waals surface area contributed by atoms with E-state index in [4.69, 9.17) is 0 Å². The number of allylic oxidation sites excluding steroid dienone is 6. The van der Waals surface area contributed by atoms with Gasteiger partial charge < -0.3 is 0 Å². The van der Waals surface area contributed by atoms with E-state index in [1.54, 1.807) is 22.0 Å². The first-order chi connectivity index (χ1) is 9.81. The van der Waals surface area contributed by atoms with Crippen LogP contribution in [0.15, 0.2) is 33.7 Å². The molecule has 0 aromatic rings. The van der Waals surface area contributed by atoms with Gasteiger partial charge in [0.15, 0.2) is 0 Å². The second-order valence-electron chi connectivity index (χ2n) is 5.92. The van der Waals surface area contributed by atoms with Crippen molar-refractivity contribution in [3.05, 3.63) is 33.7 Å². The van der Waals surface area contributed by atoms with Crippen LogP contribution in [-0.2, 0) is 0 Å². The third-order valence-corrected chi connectivity index (χ3v) is 5.29. The fourth-order valence-corrected chi connectivity index (χ4v) is 4.08. The van der Waals surface area contributed by atoms with Crippen LogP contribution in [0.4, 0.5) is 0 Å². The Hall–Kier alpha value is -0.610. The SMILES string of the molecule is CCCCC1=C(CCCC)C2=C(CCCC)P=[C]C2=C1. The molecular formula is C19H28P. The summed E-state index contributed by atoms with van der Waals surface area (Å²) in [4.78, 5) is 0. The first-order valence-corrected chi connectivity index (χ1v) is 9.35. The lowest BCUT2D eigenvalue weighted by Gasteiger charge is -2.11. The zero-order valence-electron chi connectivity index (χ0n) is 13.4. The predicted octanol–water partition coefficient (Wildman–Crippen LogP) is 6.69. The molecule has 2 rings (SSSR count). The molecule has 1 heterocycles. The Morgan fingerprint density at radius 1 is 0.900 bits per heavy atom. The van der Waals surface area contributed by atoms with Gasteiger partial charge in [0.1, 0.15) is 0 Å². The molecular weight excluding hydrogens is 259 g/mol. The van der Waals surface area contributed by atoms with Crippen LogP contribution in [0.3, 0.4) is 0 Å². The van der Waals surface area contributed by atoms with Crippen LogP contribution in [0.2, 0.25) is 0 Å². The van der Waals surface area contributed by atoms with Gasteiger partial charge in [0.05, 0.1) is 0 Å².